The number of pyridine rings is 2. The van der Waals surface area contributed by atoms with E-state index in [9.17, 15) is 9.59 Å². The lowest BCUT2D eigenvalue weighted by molar-refractivity contribution is 0.0950. The molecular formula is C28H40N6O2. The van der Waals surface area contributed by atoms with Crippen molar-refractivity contribution in [2.75, 3.05) is 5.32 Å². The molecule has 0 radical (unpaired) electrons. The first-order valence-electron chi connectivity index (χ1n) is 12.4. The first-order valence-corrected chi connectivity index (χ1v) is 12.4. The first-order chi connectivity index (χ1) is 16.6. The van der Waals surface area contributed by atoms with E-state index in [1.165, 1.54) is 0 Å². The summed E-state index contributed by atoms with van der Waals surface area (Å²) in [5.74, 6) is 0.166. The summed E-state index contributed by atoms with van der Waals surface area (Å²) in [5.41, 5.74) is 4.34. The van der Waals surface area contributed by atoms with Crippen LogP contribution in [0.25, 0.3) is 5.57 Å². The van der Waals surface area contributed by atoms with E-state index in [-0.39, 0.29) is 40.8 Å². The van der Waals surface area contributed by atoms with E-state index in [0.29, 0.717) is 28.2 Å². The average molecular weight is 493 g/mol. The lowest BCUT2D eigenvalue weighted by atomic mass is 9.82. The highest BCUT2D eigenvalue weighted by molar-refractivity contribution is 6.11. The van der Waals surface area contributed by atoms with Crippen LogP contribution in [0.3, 0.4) is 0 Å². The van der Waals surface area contributed by atoms with Crippen LogP contribution in [-0.2, 0) is 6.54 Å². The van der Waals surface area contributed by atoms with Gasteiger partial charge in [-0.1, -0.05) is 6.08 Å². The minimum absolute atomic E-state index is 0.0606. The van der Waals surface area contributed by atoms with Gasteiger partial charge in [0, 0.05) is 40.6 Å². The Morgan fingerprint density at radius 1 is 1.19 bits per heavy atom. The van der Waals surface area contributed by atoms with E-state index in [2.05, 4.69) is 54.7 Å². The van der Waals surface area contributed by atoms with Gasteiger partial charge in [-0.05, 0) is 92.0 Å². The van der Waals surface area contributed by atoms with Crippen molar-refractivity contribution in [3.05, 3.63) is 62.2 Å². The molecule has 0 saturated carbocycles. The van der Waals surface area contributed by atoms with Gasteiger partial charge < -0.3 is 26.3 Å². The van der Waals surface area contributed by atoms with E-state index in [1.807, 2.05) is 33.8 Å². The summed E-state index contributed by atoms with van der Waals surface area (Å²) in [6, 6.07) is 3.73. The number of hydrogen-bond donors (Lipinski definition) is 5. The Morgan fingerprint density at radius 3 is 2.42 bits per heavy atom. The maximum Gasteiger partial charge on any atom is 0.253 e. The molecule has 0 unspecified atom stereocenters. The van der Waals surface area contributed by atoms with E-state index in [0.717, 1.165) is 23.3 Å². The molecular weight excluding hydrogens is 452 g/mol. The molecule has 0 aliphatic carbocycles. The van der Waals surface area contributed by atoms with Gasteiger partial charge in [0.2, 0.25) is 0 Å². The summed E-state index contributed by atoms with van der Waals surface area (Å²) in [4.78, 5) is 33.7. The Kier molecular flexibility index (Phi) is 7.60. The van der Waals surface area contributed by atoms with Crippen molar-refractivity contribution in [3.8, 4) is 0 Å². The fourth-order valence-corrected chi connectivity index (χ4v) is 5.09. The van der Waals surface area contributed by atoms with Crippen molar-refractivity contribution in [1.82, 2.24) is 20.6 Å². The Morgan fingerprint density at radius 2 is 1.86 bits per heavy atom. The maximum absolute atomic E-state index is 13.6. The number of H-pyrrole nitrogens is 1. The SMILES string of the molecule is CC(=N)c1c(C(=O)NCc2c(C)cc(C)[nH]c2=O)cc(C2=CC(C)(C)NC(C)(C)C2)nc1NC(C)C. The van der Waals surface area contributed by atoms with E-state index < -0.39 is 0 Å². The van der Waals surface area contributed by atoms with Crippen molar-refractivity contribution in [2.45, 2.75) is 92.4 Å². The van der Waals surface area contributed by atoms with Crippen molar-refractivity contribution in [3.63, 3.8) is 0 Å². The molecule has 5 N–H and O–H groups in total. The van der Waals surface area contributed by atoms with Crippen LogP contribution in [0, 0.1) is 19.3 Å². The highest BCUT2D eigenvalue weighted by Gasteiger charge is 2.34. The van der Waals surface area contributed by atoms with Gasteiger partial charge >= 0.3 is 0 Å². The van der Waals surface area contributed by atoms with Crippen molar-refractivity contribution >= 4 is 23.0 Å². The molecule has 0 bridgehead atoms. The van der Waals surface area contributed by atoms with Crippen LogP contribution in [0.4, 0.5) is 5.82 Å². The molecule has 0 aromatic carbocycles. The van der Waals surface area contributed by atoms with Gasteiger partial charge in [0.05, 0.1) is 16.8 Å². The zero-order valence-corrected chi connectivity index (χ0v) is 23.0. The fourth-order valence-electron chi connectivity index (χ4n) is 5.09. The van der Waals surface area contributed by atoms with E-state index in [4.69, 9.17) is 10.4 Å². The summed E-state index contributed by atoms with van der Waals surface area (Å²) in [6.07, 6.45) is 2.90. The summed E-state index contributed by atoms with van der Waals surface area (Å²) >= 11 is 0. The largest absolute Gasteiger partial charge is 0.367 e. The molecule has 1 aliphatic rings. The van der Waals surface area contributed by atoms with Crippen molar-refractivity contribution in [2.24, 2.45) is 0 Å². The summed E-state index contributed by atoms with van der Waals surface area (Å²) in [6.45, 7) is 18.0. The molecule has 0 atom stereocenters. The number of hydrogen-bond acceptors (Lipinski definition) is 6. The lowest BCUT2D eigenvalue weighted by Crippen LogP contribution is -2.53. The molecule has 8 heteroatoms. The highest BCUT2D eigenvalue weighted by Crippen LogP contribution is 2.35. The van der Waals surface area contributed by atoms with Crippen LogP contribution in [0.1, 0.15) is 93.3 Å². The van der Waals surface area contributed by atoms with Gasteiger partial charge in [-0.2, -0.15) is 0 Å². The number of carbonyl (C=O) groups is 1. The third kappa shape index (κ3) is 6.29. The average Bonchev–Trinajstić information content (AvgIpc) is 2.69. The first kappa shape index (κ1) is 27.3. The molecule has 1 aliphatic heterocycles. The molecule has 1 amide bonds. The fraction of sp³-hybridized carbons (Fsp3) is 0.500. The number of nitrogens with one attached hydrogen (secondary N) is 5. The zero-order valence-electron chi connectivity index (χ0n) is 23.0. The Labute approximate surface area is 213 Å². The maximum atomic E-state index is 13.6. The van der Waals surface area contributed by atoms with Crippen LogP contribution < -0.4 is 21.5 Å². The Bertz CT molecular complexity index is 1280. The standard InChI is InChI=1S/C28H40N6O2/c1-15(2)31-24-23(18(5)29)20(25(35)30-14-21-16(3)10-17(4)32-26(21)36)11-22(33-24)19-12-27(6,7)34-28(8,9)13-19/h10-12,15,29,34H,13-14H2,1-9H3,(H,30,35)(H,31,33)(H,32,36). The number of aromatic amines is 1. The van der Waals surface area contributed by atoms with Crippen LogP contribution in [0.2, 0.25) is 0 Å². The van der Waals surface area contributed by atoms with Crippen LogP contribution in [0.15, 0.2) is 23.0 Å². The number of aryl methyl sites for hydroxylation is 2. The molecule has 3 heterocycles. The Balaban J connectivity index is 2.11. The Hall–Kier alpha value is -3.26. The van der Waals surface area contributed by atoms with E-state index >= 15 is 0 Å². The van der Waals surface area contributed by atoms with Gasteiger partial charge in [-0.25, -0.2) is 4.98 Å². The van der Waals surface area contributed by atoms with Gasteiger partial charge in [-0.15, -0.1) is 0 Å². The second-order valence-electron chi connectivity index (χ2n) is 11.4. The second-order valence-corrected chi connectivity index (χ2v) is 11.4. The minimum atomic E-state index is -0.348. The third-order valence-electron chi connectivity index (χ3n) is 6.14. The number of aromatic nitrogens is 2. The second kappa shape index (κ2) is 10.0. The molecule has 2 aromatic rings. The highest BCUT2D eigenvalue weighted by atomic mass is 16.1. The van der Waals surface area contributed by atoms with Gasteiger partial charge in [0.1, 0.15) is 5.82 Å². The topological polar surface area (TPSA) is 123 Å². The molecule has 36 heavy (non-hydrogen) atoms. The molecule has 194 valence electrons. The van der Waals surface area contributed by atoms with Crippen molar-refractivity contribution in [1.29, 1.82) is 5.41 Å². The normalized spacial score (nSPS) is 16.4. The van der Waals surface area contributed by atoms with E-state index in [1.54, 1.807) is 13.0 Å². The van der Waals surface area contributed by atoms with Crippen molar-refractivity contribution < 1.29 is 4.79 Å². The molecule has 0 spiro atoms. The third-order valence-corrected chi connectivity index (χ3v) is 6.14. The van der Waals surface area contributed by atoms with Gasteiger partial charge in [-0.3, -0.25) is 9.59 Å². The quantitative estimate of drug-likeness (QED) is 0.365. The molecule has 3 rings (SSSR count). The molecule has 8 nitrogen and oxygen atoms in total. The predicted octanol–water partition coefficient (Wildman–Crippen LogP) is 4.46. The molecule has 0 fully saturated rings. The van der Waals surface area contributed by atoms with Gasteiger partial charge in [0.25, 0.3) is 11.5 Å². The lowest BCUT2D eigenvalue weighted by Gasteiger charge is -2.41. The number of carbonyl (C=O) groups excluding carboxylic acids is 1. The summed E-state index contributed by atoms with van der Waals surface area (Å²) in [5, 5.41) is 18.3. The number of amides is 1. The van der Waals surface area contributed by atoms with Crippen LogP contribution in [-0.4, -0.2) is 38.7 Å². The van der Waals surface area contributed by atoms with Crippen LogP contribution in [0.5, 0.6) is 0 Å². The smallest absolute Gasteiger partial charge is 0.253 e. The minimum Gasteiger partial charge on any atom is -0.367 e. The predicted molar refractivity (Wildman–Crippen MR) is 147 cm³/mol. The zero-order chi connectivity index (χ0) is 27.0. The molecule has 0 saturated heterocycles. The number of rotatable bonds is 7. The van der Waals surface area contributed by atoms with Crippen LogP contribution >= 0.6 is 0 Å². The van der Waals surface area contributed by atoms with Gasteiger partial charge in [0.15, 0.2) is 0 Å². The monoisotopic (exact) mass is 492 g/mol. The molecule has 2 aromatic heterocycles. The summed E-state index contributed by atoms with van der Waals surface area (Å²) in [7, 11) is 0. The summed E-state index contributed by atoms with van der Waals surface area (Å²) < 4.78 is 0. The number of nitrogens with zero attached hydrogens (tertiary/aromatic N) is 1. The number of anilines is 1.